The third-order valence-corrected chi connectivity index (χ3v) is 4.69. The van der Waals surface area contributed by atoms with Crippen molar-refractivity contribution >= 4 is 10.0 Å². The van der Waals surface area contributed by atoms with Gasteiger partial charge in [0.2, 0.25) is 10.0 Å². The van der Waals surface area contributed by atoms with Gasteiger partial charge >= 0.3 is 0 Å². The fourth-order valence-electron chi connectivity index (χ4n) is 2.12. The average molecular weight is 280 g/mol. The van der Waals surface area contributed by atoms with Gasteiger partial charge in [0.05, 0.1) is 22.6 Å². The topological polar surface area (TPSA) is 79.2 Å². The number of benzene rings is 1. The number of rotatable bonds is 4. The van der Waals surface area contributed by atoms with E-state index in [1.807, 2.05) is 6.07 Å². The van der Waals surface area contributed by atoms with Crippen molar-refractivity contribution in [3.8, 4) is 6.07 Å². The molecule has 0 aromatic heterocycles. The number of hydrogen-bond acceptors (Lipinski definition) is 4. The SMILES string of the molecule is C[C@@H](NS(=O)(=O)c1cccc(C#N)c1)[C@H]1CCCO1. The Hall–Kier alpha value is -1.42. The van der Waals surface area contributed by atoms with Crippen LogP contribution in [-0.2, 0) is 14.8 Å². The van der Waals surface area contributed by atoms with Crippen molar-refractivity contribution in [3.63, 3.8) is 0 Å². The molecule has 1 aromatic rings. The first-order valence-electron chi connectivity index (χ1n) is 6.17. The van der Waals surface area contributed by atoms with Crippen molar-refractivity contribution in [1.29, 1.82) is 5.26 Å². The van der Waals surface area contributed by atoms with Crippen LogP contribution in [0.3, 0.4) is 0 Å². The van der Waals surface area contributed by atoms with Crippen LogP contribution in [0.25, 0.3) is 0 Å². The summed E-state index contributed by atoms with van der Waals surface area (Å²) in [6.07, 6.45) is 1.75. The molecule has 1 N–H and O–H groups in total. The highest BCUT2D eigenvalue weighted by atomic mass is 32.2. The predicted octanol–water partition coefficient (Wildman–Crippen LogP) is 1.40. The van der Waals surface area contributed by atoms with Crippen molar-refractivity contribution < 1.29 is 13.2 Å². The minimum atomic E-state index is -3.61. The van der Waals surface area contributed by atoms with E-state index in [4.69, 9.17) is 10.00 Å². The summed E-state index contributed by atoms with van der Waals surface area (Å²) in [7, 11) is -3.61. The fraction of sp³-hybridized carbons (Fsp3) is 0.462. The molecule has 0 radical (unpaired) electrons. The molecule has 6 heteroatoms. The van der Waals surface area contributed by atoms with Crippen molar-refractivity contribution in [2.45, 2.75) is 36.8 Å². The number of ether oxygens (including phenoxy) is 1. The zero-order chi connectivity index (χ0) is 13.9. The van der Waals surface area contributed by atoms with Crippen LogP contribution in [0.4, 0.5) is 0 Å². The van der Waals surface area contributed by atoms with E-state index in [1.54, 1.807) is 19.1 Å². The van der Waals surface area contributed by atoms with E-state index in [9.17, 15) is 8.42 Å². The molecule has 1 fully saturated rings. The van der Waals surface area contributed by atoms with Gasteiger partial charge in [-0.2, -0.15) is 5.26 Å². The Bertz CT molecular complexity index is 586. The van der Waals surface area contributed by atoms with Gasteiger partial charge in [0.15, 0.2) is 0 Å². The minimum absolute atomic E-state index is 0.0751. The third-order valence-electron chi connectivity index (χ3n) is 3.14. The molecule has 2 atom stereocenters. The first-order valence-corrected chi connectivity index (χ1v) is 7.65. The van der Waals surface area contributed by atoms with Crippen LogP contribution < -0.4 is 4.72 Å². The lowest BCUT2D eigenvalue weighted by Crippen LogP contribution is -2.40. The molecule has 0 spiro atoms. The summed E-state index contributed by atoms with van der Waals surface area (Å²) < 4.78 is 32.4. The van der Waals surface area contributed by atoms with Crippen LogP contribution in [0.15, 0.2) is 29.2 Å². The quantitative estimate of drug-likeness (QED) is 0.904. The molecule has 1 saturated heterocycles. The zero-order valence-corrected chi connectivity index (χ0v) is 11.5. The first kappa shape index (κ1) is 14.0. The lowest BCUT2D eigenvalue weighted by Gasteiger charge is -2.19. The second-order valence-corrected chi connectivity index (χ2v) is 6.32. The van der Waals surface area contributed by atoms with Gasteiger partial charge in [-0.15, -0.1) is 0 Å². The minimum Gasteiger partial charge on any atom is -0.377 e. The van der Waals surface area contributed by atoms with Gasteiger partial charge in [-0.1, -0.05) is 6.07 Å². The molecule has 1 aromatic carbocycles. The summed E-state index contributed by atoms with van der Waals surface area (Å²) in [4.78, 5) is 0.108. The lowest BCUT2D eigenvalue weighted by molar-refractivity contribution is 0.0902. The Morgan fingerprint density at radius 3 is 2.95 bits per heavy atom. The van der Waals surface area contributed by atoms with E-state index in [0.717, 1.165) is 12.8 Å². The van der Waals surface area contributed by atoms with Gasteiger partial charge in [-0.05, 0) is 38.0 Å². The molecule has 1 heterocycles. The monoisotopic (exact) mass is 280 g/mol. The Kier molecular flexibility index (Phi) is 4.20. The molecule has 0 saturated carbocycles. The molecule has 2 rings (SSSR count). The van der Waals surface area contributed by atoms with Crippen molar-refractivity contribution in [1.82, 2.24) is 4.72 Å². The van der Waals surface area contributed by atoms with Gasteiger partial charge in [-0.25, -0.2) is 13.1 Å². The van der Waals surface area contributed by atoms with E-state index in [0.29, 0.717) is 12.2 Å². The summed E-state index contributed by atoms with van der Waals surface area (Å²) >= 11 is 0. The maximum Gasteiger partial charge on any atom is 0.240 e. The van der Waals surface area contributed by atoms with Crippen molar-refractivity contribution in [2.24, 2.45) is 0 Å². The third kappa shape index (κ3) is 3.32. The Balaban J connectivity index is 2.15. The van der Waals surface area contributed by atoms with E-state index < -0.39 is 10.0 Å². The van der Waals surface area contributed by atoms with Crippen molar-refractivity contribution in [2.75, 3.05) is 6.61 Å². The standard InChI is InChI=1S/C13H16N2O3S/c1-10(13-6-3-7-18-13)15-19(16,17)12-5-2-4-11(8-12)9-14/h2,4-5,8,10,13,15H,3,6-7H2,1H3/t10-,13-/m1/s1. The van der Waals surface area contributed by atoms with Crippen LogP contribution in [0.5, 0.6) is 0 Å². The average Bonchev–Trinajstić information content (AvgIpc) is 2.92. The van der Waals surface area contributed by atoms with Crippen LogP contribution >= 0.6 is 0 Å². The summed E-state index contributed by atoms with van der Waals surface area (Å²) in [5, 5.41) is 8.80. The van der Waals surface area contributed by atoms with Crippen LogP contribution in [-0.4, -0.2) is 27.2 Å². The number of nitriles is 1. The molecule has 0 amide bonds. The lowest BCUT2D eigenvalue weighted by atomic mass is 10.1. The van der Waals surface area contributed by atoms with Gasteiger partial charge in [-0.3, -0.25) is 0 Å². The summed E-state index contributed by atoms with van der Waals surface area (Å²) in [5.41, 5.74) is 0.327. The molecular weight excluding hydrogens is 264 g/mol. The molecule has 0 aliphatic carbocycles. The van der Waals surface area contributed by atoms with Crippen LogP contribution in [0.1, 0.15) is 25.3 Å². The van der Waals surface area contributed by atoms with Gasteiger partial charge in [0.1, 0.15) is 0 Å². The maximum atomic E-state index is 12.2. The maximum absolute atomic E-state index is 12.2. The number of hydrogen-bond donors (Lipinski definition) is 1. The summed E-state index contributed by atoms with van der Waals surface area (Å²) in [6.45, 7) is 2.47. The Morgan fingerprint density at radius 1 is 1.53 bits per heavy atom. The largest absolute Gasteiger partial charge is 0.377 e. The predicted molar refractivity (Wildman–Crippen MR) is 69.9 cm³/mol. The molecular formula is C13H16N2O3S. The van der Waals surface area contributed by atoms with E-state index in [2.05, 4.69) is 4.72 Å². The highest BCUT2D eigenvalue weighted by molar-refractivity contribution is 7.89. The molecule has 0 bridgehead atoms. The summed E-state index contributed by atoms with van der Waals surface area (Å²) in [6, 6.07) is 7.63. The Labute approximate surface area is 113 Å². The first-order chi connectivity index (χ1) is 9.03. The van der Waals surface area contributed by atoms with Gasteiger partial charge < -0.3 is 4.74 Å². The van der Waals surface area contributed by atoms with Crippen LogP contribution in [0.2, 0.25) is 0 Å². The second-order valence-electron chi connectivity index (χ2n) is 4.60. The van der Waals surface area contributed by atoms with E-state index >= 15 is 0 Å². The highest BCUT2D eigenvalue weighted by Gasteiger charge is 2.26. The van der Waals surface area contributed by atoms with Crippen molar-refractivity contribution in [3.05, 3.63) is 29.8 Å². The molecule has 1 aliphatic heterocycles. The normalized spacial score (nSPS) is 20.9. The second kappa shape index (κ2) is 5.70. The zero-order valence-electron chi connectivity index (χ0n) is 10.7. The number of nitrogens with zero attached hydrogens (tertiary/aromatic N) is 1. The summed E-state index contributed by atoms with van der Waals surface area (Å²) in [5.74, 6) is 0. The molecule has 102 valence electrons. The number of sulfonamides is 1. The van der Waals surface area contributed by atoms with Crippen LogP contribution in [0, 0.1) is 11.3 Å². The van der Waals surface area contributed by atoms with E-state index in [1.165, 1.54) is 12.1 Å². The molecule has 1 aliphatic rings. The Morgan fingerprint density at radius 2 is 2.32 bits per heavy atom. The fourth-order valence-corrected chi connectivity index (χ4v) is 3.44. The molecule has 5 nitrogen and oxygen atoms in total. The van der Waals surface area contributed by atoms with E-state index in [-0.39, 0.29) is 17.0 Å². The molecule has 0 unspecified atom stereocenters. The smallest absolute Gasteiger partial charge is 0.240 e. The van der Waals surface area contributed by atoms with Gasteiger partial charge in [0, 0.05) is 12.6 Å². The number of nitrogens with one attached hydrogen (secondary N) is 1. The molecule has 19 heavy (non-hydrogen) atoms. The highest BCUT2D eigenvalue weighted by Crippen LogP contribution is 2.18. The van der Waals surface area contributed by atoms with Gasteiger partial charge in [0.25, 0.3) is 0 Å².